The van der Waals surface area contributed by atoms with Crippen molar-refractivity contribution in [3.63, 3.8) is 0 Å². The van der Waals surface area contributed by atoms with Crippen LogP contribution in [0.5, 0.6) is 5.75 Å². The second-order valence-electron chi connectivity index (χ2n) is 5.72. The maximum Gasteiger partial charge on any atom is 0.225 e. The van der Waals surface area contributed by atoms with Gasteiger partial charge in [-0.1, -0.05) is 41.9 Å². The van der Waals surface area contributed by atoms with Crippen molar-refractivity contribution in [2.75, 3.05) is 38.0 Å². The topological polar surface area (TPSA) is 68.3 Å². The van der Waals surface area contributed by atoms with E-state index in [1.165, 1.54) is 0 Å². The zero-order valence-electron chi connectivity index (χ0n) is 15.2. The number of rotatable bonds is 8. The highest BCUT2D eigenvalue weighted by Gasteiger charge is 2.10. The van der Waals surface area contributed by atoms with Crippen LogP contribution < -0.4 is 15.4 Å². The van der Waals surface area contributed by atoms with Gasteiger partial charge in [-0.15, -0.1) is 0 Å². The number of hydrogen-bond donors (Lipinski definition) is 2. The first-order valence-electron chi connectivity index (χ1n) is 8.47. The highest BCUT2D eigenvalue weighted by Crippen LogP contribution is 2.31. The molecule has 0 saturated heterocycles. The van der Waals surface area contributed by atoms with Gasteiger partial charge in [0.2, 0.25) is 5.95 Å². The third kappa shape index (κ3) is 5.09. The Balaban J connectivity index is 1.96. The molecule has 0 aliphatic rings. The van der Waals surface area contributed by atoms with Crippen molar-refractivity contribution in [1.82, 2.24) is 9.97 Å². The van der Waals surface area contributed by atoms with Gasteiger partial charge < -0.3 is 20.1 Å². The van der Waals surface area contributed by atoms with Crippen molar-refractivity contribution in [3.05, 3.63) is 59.6 Å². The predicted octanol–water partition coefficient (Wildman–Crippen LogP) is 4.61. The average Bonchev–Trinajstić information content (AvgIpc) is 2.69. The Kier molecular flexibility index (Phi) is 6.46. The summed E-state index contributed by atoms with van der Waals surface area (Å²) < 4.78 is 10.5. The zero-order chi connectivity index (χ0) is 19.1. The molecule has 0 spiro atoms. The molecule has 1 heterocycles. The molecule has 0 unspecified atom stereocenters. The highest BCUT2D eigenvalue weighted by molar-refractivity contribution is 6.31. The van der Waals surface area contributed by atoms with E-state index in [1.807, 2.05) is 42.5 Å². The lowest BCUT2D eigenvalue weighted by atomic mass is 10.1. The number of nitrogens with one attached hydrogen (secondary N) is 2. The van der Waals surface area contributed by atoms with Crippen LogP contribution in [0.15, 0.2) is 54.6 Å². The Labute approximate surface area is 163 Å². The predicted molar refractivity (Wildman–Crippen MR) is 109 cm³/mol. The number of halogens is 1. The molecule has 0 saturated carbocycles. The summed E-state index contributed by atoms with van der Waals surface area (Å²) in [6.45, 7) is 1.17. The smallest absolute Gasteiger partial charge is 0.225 e. The molecule has 3 rings (SSSR count). The number of methoxy groups -OCH3 is 2. The summed E-state index contributed by atoms with van der Waals surface area (Å²) in [7, 11) is 3.27. The Morgan fingerprint density at radius 1 is 1.00 bits per heavy atom. The fourth-order valence-corrected chi connectivity index (χ4v) is 2.70. The first kappa shape index (κ1) is 18.9. The lowest BCUT2D eigenvalue weighted by Gasteiger charge is -2.14. The van der Waals surface area contributed by atoms with Crippen LogP contribution in [-0.2, 0) is 4.74 Å². The fraction of sp³-hybridized carbons (Fsp3) is 0.200. The quantitative estimate of drug-likeness (QED) is 0.553. The molecule has 6 nitrogen and oxygen atoms in total. The standard InChI is InChI=1S/C20H21ClN4O2/c1-26-11-10-22-20-24-16(14-6-4-3-5-7-14)13-19(25-20)23-17-12-15(21)8-9-18(17)27-2/h3-9,12-13H,10-11H2,1-2H3,(H2,22,23,24,25). The Morgan fingerprint density at radius 2 is 1.81 bits per heavy atom. The summed E-state index contributed by atoms with van der Waals surface area (Å²) in [6.07, 6.45) is 0. The molecule has 0 atom stereocenters. The number of hydrogen-bond acceptors (Lipinski definition) is 6. The van der Waals surface area contributed by atoms with Crippen molar-refractivity contribution < 1.29 is 9.47 Å². The van der Waals surface area contributed by atoms with Crippen molar-refractivity contribution in [1.29, 1.82) is 0 Å². The first-order chi connectivity index (χ1) is 13.2. The third-order valence-electron chi connectivity index (χ3n) is 3.81. The van der Waals surface area contributed by atoms with Crippen molar-refractivity contribution in [2.24, 2.45) is 0 Å². The van der Waals surface area contributed by atoms with E-state index in [0.717, 1.165) is 16.9 Å². The van der Waals surface area contributed by atoms with Crippen LogP contribution in [-0.4, -0.2) is 37.3 Å². The maximum atomic E-state index is 6.13. The van der Waals surface area contributed by atoms with Crippen LogP contribution in [0.2, 0.25) is 5.02 Å². The lowest BCUT2D eigenvalue weighted by molar-refractivity contribution is 0.210. The van der Waals surface area contributed by atoms with Crippen molar-refractivity contribution in [3.8, 4) is 17.0 Å². The average molecular weight is 385 g/mol. The lowest BCUT2D eigenvalue weighted by Crippen LogP contribution is -2.11. The maximum absolute atomic E-state index is 6.13. The van der Waals surface area contributed by atoms with Gasteiger partial charge in [0.25, 0.3) is 0 Å². The minimum Gasteiger partial charge on any atom is -0.495 e. The number of ether oxygens (including phenoxy) is 2. The zero-order valence-corrected chi connectivity index (χ0v) is 16.0. The molecule has 140 valence electrons. The molecule has 2 N–H and O–H groups in total. The second kappa shape index (κ2) is 9.21. The van der Waals surface area contributed by atoms with Gasteiger partial charge in [0.15, 0.2) is 0 Å². The summed E-state index contributed by atoms with van der Waals surface area (Å²) in [5.41, 5.74) is 2.52. The highest BCUT2D eigenvalue weighted by atomic mass is 35.5. The van der Waals surface area contributed by atoms with Crippen molar-refractivity contribution >= 4 is 29.1 Å². The summed E-state index contributed by atoms with van der Waals surface area (Å²) in [5, 5.41) is 7.06. The van der Waals surface area contributed by atoms with E-state index in [4.69, 9.17) is 21.1 Å². The van der Waals surface area contributed by atoms with E-state index < -0.39 is 0 Å². The van der Waals surface area contributed by atoms with Gasteiger partial charge in [-0.2, -0.15) is 4.98 Å². The molecule has 0 aliphatic heterocycles. The Bertz CT molecular complexity index is 890. The number of anilines is 3. The summed E-state index contributed by atoms with van der Waals surface area (Å²) in [5.74, 6) is 1.81. The monoisotopic (exact) mass is 384 g/mol. The Hall–Kier alpha value is -2.83. The molecule has 27 heavy (non-hydrogen) atoms. The van der Waals surface area contributed by atoms with Gasteiger partial charge in [-0.25, -0.2) is 4.98 Å². The second-order valence-corrected chi connectivity index (χ2v) is 6.15. The Morgan fingerprint density at radius 3 is 2.56 bits per heavy atom. The molecule has 1 aromatic heterocycles. The fourth-order valence-electron chi connectivity index (χ4n) is 2.53. The molecule has 0 aliphatic carbocycles. The summed E-state index contributed by atoms with van der Waals surface area (Å²) in [6, 6.07) is 17.2. The van der Waals surface area contributed by atoms with Crippen LogP contribution in [0.1, 0.15) is 0 Å². The van der Waals surface area contributed by atoms with Crippen LogP contribution >= 0.6 is 11.6 Å². The molecule has 0 radical (unpaired) electrons. The number of benzene rings is 2. The van der Waals surface area contributed by atoms with E-state index in [9.17, 15) is 0 Å². The minimum absolute atomic E-state index is 0.511. The molecule has 0 amide bonds. The van der Waals surface area contributed by atoms with Crippen molar-refractivity contribution in [2.45, 2.75) is 0 Å². The molecular formula is C20H21ClN4O2. The number of aromatic nitrogens is 2. The van der Waals surface area contributed by atoms with E-state index >= 15 is 0 Å². The van der Waals surface area contributed by atoms with E-state index in [0.29, 0.717) is 35.7 Å². The van der Waals surface area contributed by atoms with Crippen LogP contribution in [0.25, 0.3) is 11.3 Å². The van der Waals surface area contributed by atoms with Gasteiger partial charge in [-0.3, -0.25) is 0 Å². The first-order valence-corrected chi connectivity index (χ1v) is 8.85. The third-order valence-corrected chi connectivity index (χ3v) is 4.04. The molecule has 3 aromatic rings. The van der Waals surface area contributed by atoms with Gasteiger partial charge in [-0.05, 0) is 18.2 Å². The normalized spacial score (nSPS) is 10.5. The molecular weight excluding hydrogens is 364 g/mol. The summed E-state index contributed by atoms with van der Waals surface area (Å²) >= 11 is 6.13. The molecule has 0 bridgehead atoms. The largest absolute Gasteiger partial charge is 0.495 e. The minimum atomic E-state index is 0.511. The van der Waals surface area contributed by atoms with Gasteiger partial charge >= 0.3 is 0 Å². The summed E-state index contributed by atoms with van der Waals surface area (Å²) in [4.78, 5) is 9.15. The molecule has 2 aromatic carbocycles. The SMILES string of the molecule is COCCNc1nc(Nc2cc(Cl)ccc2OC)cc(-c2ccccc2)n1. The van der Waals surface area contributed by atoms with E-state index in [1.54, 1.807) is 26.4 Å². The van der Waals surface area contributed by atoms with Gasteiger partial charge in [0.05, 0.1) is 25.1 Å². The van der Waals surface area contributed by atoms with E-state index in [-0.39, 0.29) is 0 Å². The molecule has 0 fully saturated rings. The van der Waals surface area contributed by atoms with E-state index in [2.05, 4.69) is 20.6 Å². The van der Waals surface area contributed by atoms with Gasteiger partial charge in [0, 0.05) is 30.3 Å². The molecule has 7 heteroatoms. The number of nitrogens with zero attached hydrogens (tertiary/aromatic N) is 2. The van der Waals surface area contributed by atoms with Crippen LogP contribution in [0.4, 0.5) is 17.5 Å². The van der Waals surface area contributed by atoms with Gasteiger partial charge in [0.1, 0.15) is 11.6 Å². The van der Waals surface area contributed by atoms with Crippen LogP contribution in [0.3, 0.4) is 0 Å². The van der Waals surface area contributed by atoms with Crippen LogP contribution in [0, 0.1) is 0 Å².